The standard InChI is InChI=1S/C21H22N6O2S2/c1-5-29-19(28)14-10-30-20(23-14)25-18-16(11(2)3)12(4)17(26-27-18)24-21-22-13-8-6-7-9-15(13)31-21/h6-11H,5H2,1-4H3,(H,22,24,26)(H,23,25,27). The van der Waals surface area contributed by atoms with Gasteiger partial charge in [-0.2, -0.15) is 0 Å². The van der Waals surface area contributed by atoms with E-state index in [0.717, 1.165) is 26.5 Å². The van der Waals surface area contributed by atoms with Crippen molar-refractivity contribution in [1.82, 2.24) is 20.2 Å². The molecule has 3 aromatic heterocycles. The van der Waals surface area contributed by atoms with Crippen molar-refractivity contribution in [3.8, 4) is 0 Å². The van der Waals surface area contributed by atoms with Crippen LogP contribution in [-0.4, -0.2) is 32.7 Å². The molecule has 0 spiro atoms. The van der Waals surface area contributed by atoms with Crippen molar-refractivity contribution in [2.75, 3.05) is 17.2 Å². The van der Waals surface area contributed by atoms with Gasteiger partial charge >= 0.3 is 5.97 Å². The van der Waals surface area contributed by atoms with Crippen LogP contribution >= 0.6 is 22.7 Å². The number of carbonyl (C=O) groups excluding carboxylic acids is 1. The molecule has 0 unspecified atom stereocenters. The number of nitrogens with one attached hydrogen (secondary N) is 2. The van der Waals surface area contributed by atoms with Crippen LogP contribution in [0, 0.1) is 6.92 Å². The lowest BCUT2D eigenvalue weighted by Crippen LogP contribution is -2.09. The van der Waals surface area contributed by atoms with Gasteiger partial charge in [0.05, 0.1) is 16.8 Å². The summed E-state index contributed by atoms with van der Waals surface area (Å²) in [5.74, 6) is 1.04. The van der Waals surface area contributed by atoms with E-state index < -0.39 is 5.97 Å². The minimum Gasteiger partial charge on any atom is -0.461 e. The fraction of sp³-hybridized carbons (Fsp3) is 0.286. The fourth-order valence-electron chi connectivity index (χ4n) is 3.21. The minimum absolute atomic E-state index is 0.193. The summed E-state index contributed by atoms with van der Waals surface area (Å²) in [5.41, 5.74) is 3.23. The van der Waals surface area contributed by atoms with Crippen LogP contribution in [-0.2, 0) is 4.74 Å². The van der Waals surface area contributed by atoms with E-state index >= 15 is 0 Å². The van der Waals surface area contributed by atoms with Crippen LogP contribution in [0.15, 0.2) is 29.6 Å². The van der Waals surface area contributed by atoms with E-state index in [-0.39, 0.29) is 11.6 Å². The molecule has 8 nitrogen and oxygen atoms in total. The molecule has 31 heavy (non-hydrogen) atoms. The fourth-order valence-corrected chi connectivity index (χ4v) is 4.75. The van der Waals surface area contributed by atoms with Crippen LogP contribution in [0.25, 0.3) is 10.2 Å². The van der Waals surface area contributed by atoms with Crippen LogP contribution in [0.4, 0.5) is 21.9 Å². The largest absolute Gasteiger partial charge is 0.461 e. The Morgan fingerprint density at radius 2 is 1.84 bits per heavy atom. The number of aromatic nitrogens is 4. The Hall–Kier alpha value is -3.11. The number of rotatable bonds is 7. The van der Waals surface area contributed by atoms with Crippen molar-refractivity contribution in [2.45, 2.75) is 33.6 Å². The lowest BCUT2D eigenvalue weighted by molar-refractivity contribution is 0.0520. The van der Waals surface area contributed by atoms with Gasteiger partial charge in [0.25, 0.3) is 0 Å². The zero-order chi connectivity index (χ0) is 22.0. The molecule has 4 rings (SSSR count). The van der Waals surface area contributed by atoms with E-state index in [4.69, 9.17) is 4.74 Å². The highest BCUT2D eigenvalue weighted by molar-refractivity contribution is 7.22. The maximum Gasteiger partial charge on any atom is 0.357 e. The Morgan fingerprint density at radius 1 is 1.10 bits per heavy atom. The lowest BCUT2D eigenvalue weighted by atomic mass is 9.99. The number of hydrogen-bond acceptors (Lipinski definition) is 10. The number of hydrogen-bond donors (Lipinski definition) is 2. The van der Waals surface area contributed by atoms with Crippen molar-refractivity contribution >= 4 is 60.8 Å². The Bertz CT molecular complexity index is 1200. The van der Waals surface area contributed by atoms with Crippen LogP contribution in [0.3, 0.4) is 0 Å². The average molecular weight is 455 g/mol. The van der Waals surface area contributed by atoms with Gasteiger partial charge in [-0.1, -0.05) is 37.3 Å². The molecule has 0 amide bonds. The first-order chi connectivity index (χ1) is 15.0. The highest BCUT2D eigenvalue weighted by atomic mass is 32.1. The Kier molecular flexibility index (Phi) is 6.10. The van der Waals surface area contributed by atoms with Gasteiger partial charge in [0.1, 0.15) is 0 Å². The SMILES string of the molecule is CCOC(=O)c1csc(Nc2nnc(Nc3nc4ccccc4s3)c(C)c2C(C)C)n1. The van der Waals surface area contributed by atoms with Gasteiger partial charge < -0.3 is 15.4 Å². The third-order valence-electron chi connectivity index (χ3n) is 4.57. The number of anilines is 4. The molecule has 4 aromatic rings. The zero-order valence-corrected chi connectivity index (χ0v) is 19.2. The minimum atomic E-state index is -0.437. The van der Waals surface area contributed by atoms with Gasteiger partial charge in [-0.3, -0.25) is 0 Å². The van der Waals surface area contributed by atoms with E-state index in [1.807, 2.05) is 31.2 Å². The van der Waals surface area contributed by atoms with Gasteiger partial charge in [0.2, 0.25) is 0 Å². The number of carbonyl (C=O) groups is 1. The summed E-state index contributed by atoms with van der Waals surface area (Å²) in [6.07, 6.45) is 0. The molecule has 0 atom stereocenters. The molecule has 3 heterocycles. The summed E-state index contributed by atoms with van der Waals surface area (Å²) >= 11 is 2.89. The van der Waals surface area contributed by atoms with Crippen molar-refractivity contribution < 1.29 is 9.53 Å². The summed E-state index contributed by atoms with van der Waals surface area (Å²) < 4.78 is 6.11. The number of para-hydroxylation sites is 1. The molecular weight excluding hydrogens is 432 g/mol. The number of fused-ring (bicyclic) bond motifs is 1. The maximum atomic E-state index is 11.9. The first kappa shape index (κ1) is 21.1. The van der Waals surface area contributed by atoms with E-state index in [0.29, 0.717) is 23.4 Å². The number of benzene rings is 1. The molecule has 0 aliphatic carbocycles. The molecule has 0 saturated heterocycles. The topological polar surface area (TPSA) is 102 Å². The third-order valence-corrected chi connectivity index (χ3v) is 6.28. The molecule has 0 aliphatic heterocycles. The van der Waals surface area contributed by atoms with Gasteiger partial charge in [0.15, 0.2) is 27.6 Å². The summed E-state index contributed by atoms with van der Waals surface area (Å²) in [4.78, 5) is 20.8. The predicted octanol–water partition coefficient (Wildman–Crippen LogP) is 5.64. The lowest BCUT2D eigenvalue weighted by Gasteiger charge is -2.17. The second kappa shape index (κ2) is 8.94. The maximum absolute atomic E-state index is 11.9. The number of esters is 1. The number of nitrogens with zero attached hydrogens (tertiary/aromatic N) is 4. The Labute approximate surface area is 187 Å². The first-order valence-electron chi connectivity index (χ1n) is 9.85. The summed E-state index contributed by atoms with van der Waals surface area (Å²) in [6.45, 7) is 8.28. The molecule has 2 N–H and O–H groups in total. The van der Waals surface area contributed by atoms with E-state index in [2.05, 4.69) is 44.6 Å². The second-order valence-corrected chi connectivity index (χ2v) is 8.97. The highest BCUT2D eigenvalue weighted by Gasteiger charge is 2.19. The first-order valence-corrected chi connectivity index (χ1v) is 11.5. The molecule has 0 radical (unpaired) electrons. The smallest absolute Gasteiger partial charge is 0.357 e. The van der Waals surface area contributed by atoms with Crippen molar-refractivity contribution in [2.24, 2.45) is 0 Å². The van der Waals surface area contributed by atoms with Gasteiger partial charge in [-0.25, -0.2) is 14.8 Å². The van der Waals surface area contributed by atoms with Gasteiger partial charge in [0, 0.05) is 16.5 Å². The van der Waals surface area contributed by atoms with Crippen LogP contribution in [0.2, 0.25) is 0 Å². The zero-order valence-electron chi connectivity index (χ0n) is 17.6. The molecule has 10 heteroatoms. The molecule has 0 aliphatic rings. The molecular formula is C21H22N6O2S2. The monoisotopic (exact) mass is 454 g/mol. The van der Waals surface area contributed by atoms with Crippen molar-refractivity contribution in [3.63, 3.8) is 0 Å². The van der Waals surface area contributed by atoms with Crippen molar-refractivity contribution in [3.05, 3.63) is 46.5 Å². The average Bonchev–Trinajstić information content (AvgIpc) is 3.36. The van der Waals surface area contributed by atoms with E-state index in [1.165, 1.54) is 11.3 Å². The Balaban J connectivity index is 1.61. The Morgan fingerprint density at radius 3 is 2.58 bits per heavy atom. The second-order valence-electron chi connectivity index (χ2n) is 7.09. The number of thiazole rings is 2. The molecule has 160 valence electrons. The highest BCUT2D eigenvalue weighted by Crippen LogP contribution is 2.34. The number of ether oxygens (including phenoxy) is 1. The summed E-state index contributed by atoms with van der Waals surface area (Å²) in [6, 6.07) is 8.00. The predicted molar refractivity (Wildman–Crippen MR) is 125 cm³/mol. The summed E-state index contributed by atoms with van der Waals surface area (Å²) in [5, 5.41) is 18.3. The molecule has 0 fully saturated rings. The van der Waals surface area contributed by atoms with Gasteiger partial charge in [-0.05, 0) is 31.9 Å². The molecule has 1 aromatic carbocycles. The normalized spacial score (nSPS) is 11.1. The van der Waals surface area contributed by atoms with Crippen LogP contribution in [0.5, 0.6) is 0 Å². The van der Waals surface area contributed by atoms with E-state index in [9.17, 15) is 4.79 Å². The van der Waals surface area contributed by atoms with Crippen LogP contribution < -0.4 is 10.6 Å². The molecule has 0 saturated carbocycles. The summed E-state index contributed by atoms with van der Waals surface area (Å²) in [7, 11) is 0. The quantitative estimate of drug-likeness (QED) is 0.346. The van der Waals surface area contributed by atoms with Crippen LogP contribution in [0.1, 0.15) is 48.3 Å². The van der Waals surface area contributed by atoms with E-state index in [1.54, 1.807) is 23.6 Å². The van der Waals surface area contributed by atoms with Crippen molar-refractivity contribution in [1.29, 1.82) is 0 Å². The van der Waals surface area contributed by atoms with Gasteiger partial charge in [-0.15, -0.1) is 21.5 Å². The third kappa shape index (κ3) is 4.49. The molecule has 0 bridgehead atoms.